The van der Waals surface area contributed by atoms with Crippen LogP contribution in [0.2, 0.25) is 0 Å². The van der Waals surface area contributed by atoms with Gasteiger partial charge in [-0.15, -0.1) is 0 Å². The first-order chi connectivity index (χ1) is 10.2. The van der Waals surface area contributed by atoms with Crippen LogP contribution in [0, 0.1) is 5.92 Å². The lowest BCUT2D eigenvalue weighted by Crippen LogP contribution is -2.00. The summed E-state index contributed by atoms with van der Waals surface area (Å²) >= 11 is 0. The highest BCUT2D eigenvalue weighted by atomic mass is 16.5. The molecule has 0 amide bonds. The van der Waals surface area contributed by atoms with Crippen LogP contribution in [0.4, 0.5) is 0 Å². The molecule has 0 spiro atoms. The third kappa shape index (κ3) is 7.88. The minimum atomic E-state index is 0.285. The van der Waals surface area contributed by atoms with E-state index in [2.05, 4.69) is 19.9 Å². The van der Waals surface area contributed by atoms with E-state index in [9.17, 15) is 0 Å². The summed E-state index contributed by atoms with van der Waals surface area (Å²) < 4.78 is 10.8. The van der Waals surface area contributed by atoms with Crippen LogP contribution in [-0.4, -0.2) is 25.4 Å². The molecule has 0 saturated carbocycles. The average molecular weight is 292 g/mol. The second-order valence-electron chi connectivity index (χ2n) is 5.59. The first-order valence-corrected chi connectivity index (χ1v) is 7.63. The zero-order valence-electron chi connectivity index (χ0n) is 13.5. The number of hydrogen-bond acceptors (Lipinski definition) is 3. The predicted molar refractivity (Wildman–Crippen MR) is 86.5 cm³/mol. The van der Waals surface area contributed by atoms with Crippen molar-refractivity contribution in [3.8, 4) is 5.75 Å². The summed E-state index contributed by atoms with van der Waals surface area (Å²) in [5, 5.41) is 8.97. The van der Waals surface area contributed by atoms with Gasteiger partial charge in [-0.3, -0.25) is 0 Å². The van der Waals surface area contributed by atoms with E-state index in [1.165, 1.54) is 5.57 Å². The summed E-state index contributed by atoms with van der Waals surface area (Å²) in [6.07, 6.45) is 5.43. The highest BCUT2D eigenvalue weighted by molar-refractivity contribution is 5.26. The largest absolute Gasteiger partial charge is 0.497 e. The lowest BCUT2D eigenvalue weighted by molar-refractivity contribution is 0.148. The highest BCUT2D eigenvalue weighted by Gasteiger charge is 2.00. The standard InChI is InChI=1S/C18H28O3/c1-15(5-4-6-16(2)13-19)11-12-21-14-17-7-9-18(20-3)10-8-17/h7-11,16,19H,4-6,12-14H2,1-3H3/b15-11-. The van der Waals surface area contributed by atoms with Crippen LogP contribution < -0.4 is 4.74 Å². The molecule has 0 aliphatic heterocycles. The van der Waals surface area contributed by atoms with Crippen LogP contribution in [-0.2, 0) is 11.3 Å². The molecule has 1 rings (SSSR count). The fraction of sp³-hybridized carbons (Fsp3) is 0.556. The van der Waals surface area contributed by atoms with Gasteiger partial charge >= 0.3 is 0 Å². The zero-order valence-corrected chi connectivity index (χ0v) is 13.5. The number of allylic oxidation sites excluding steroid dienone is 1. The Hall–Kier alpha value is -1.32. The number of ether oxygens (including phenoxy) is 2. The molecule has 21 heavy (non-hydrogen) atoms. The van der Waals surface area contributed by atoms with Gasteiger partial charge in [0.25, 0.3) is 0 Å². The van der Waals surface area contributed by atoms with E-state index in [4.69, 9.17) is 14.6 Å². The molecule has 3 nitrogen and oxygen atoms in total. The Morgan fingerprint density at radius 3 is 2.62 bits per heavy atom. The van der Waals surface area contributed by atoms with Gasteiger partial charge in [-0.1, -0.05) is 30.7 Å². The third-order valence-corrected chi connectivity index (χ3v) is 3.56. The van der Waals surface area contributed by atoms with E-state index in [1.807, 2.05) is 24.3 Å². The van der Waals surface area contributed by atoms with E-state index < -0.39 is 0 Å². The summed E-state index contributed by atoms with van der Waals surface area (Å²) in [6, 6.07) is 7.93. The van der Waals surface area contributed by atoms with Crippen LogP contribution in [0.1, 0.15) is 38.7 Å². The topological polar surface area (TPSA) is 38.7 Å². The minimum absolute atomic E-state index is 0.285. The van der Waals surface area contributed by atoms with Gasteiger partial charge in [-0.2, -0.15) is 0 Å². The summed E-state index contributed by atoms with van der Waals surface area (Å²) in [5.74, 6) is 1.27. The van der Waals surface area contributed by atoms with E-state index >= 15 is 0 Å². The van der Waals surface area contributed by atoms with Crippen molar-refractivity contribution >= 4 is 0 Å². The van der Waals surface area contributed by atoms with Gasteiger partial charge in [0.1, 0.15) is 5.75 Å². The number of aliphatic hydroxyl groups excluding tert-OH is 1. The van der Waals surface area contributed by atoms with Crippen LogP contribution in [0.5, 0.6) is 5.75 Å². The van der Waals surface area contributed by atoms with Gasteiger partial charge in [-0.25, -0.2) is 0 Å². The fourth-order valence-electron chi connectivity index (χ4n) is 2.02. The number of benzene rings is 1. The van der Waals surface area contributed by atoms with Gasteiger partial charge in [0.15, 0.2) is 0 Å². The van der Waals surface area contributed by atoms with Crippen molar-refractivity contribution in [3.05, 3.63) is 41.5 Å². The fourth-order valence-corrected chi connectivity index (χ4v) is 2.02. The van der Waals surface area contributed by atoms with E-state index in [0.29, 0.717) is 19.1 Å². The van der Waals surface area contributed by atoms with Crippen molar-refractivity contribution in [1.82, 2.24) is 0 Å². The van der Waals surface area contributed by atoms with Crippen molar-refractivity contribution in [2.75, 3.05) is 20.3 Å². The van der Waals surface area contributed by atoms with Crippen LogP contribution in [0.25, 0.3) is 0 Å². The minimum Gasteiger partial charge on any atom is -0.497 e. The maximum absolute atomic E-state index is 8.97. The molecule has 0 aromatic heterocycles. The Balaban J connectivity index is 2.17. The Morgan fingerprint density at radius 2 is 2.00 bits per heavy atom. The normalized spacial score (nSPS) is 13.2. The molecule has 0 aliphatic carbocycles. The summed E-state index contributed by atoms with van der Waals surface area (Å²) in [6.45, 7) is 5.77. The van der Waals surface area contributed by atoms with Crippen molar-refractivity contribution in [1.29, 1.82) is 0 Å². The monoisotopic (exact) mass is 292 g/mol. The van der Waals surface area contributed by atoms with Crippen molar-refractivity contribution < 1.29 is 14.6 Å². The van der Waals surface area contributed by atoms with Crippen molar-refractivity contribution in [2.24, 2.45) is 5.92 Å². The molecule has 1 aromatic carbocycles. The number of aliphatic hydroxyl groups is 1. The van der Waals surface area contributed by atoms with Crippen LogP contribution in [0.3, 0.4) is 0 Å². The number of hydrogen-bond donors (Lipinski definition) is 1. The van der Waals surface area contributed by atoms with Crippen molar-refractivity contribution in [2.45, 2.75) is 39.7 Å². The first-order valence-electron chi connectivity index (χ1n) is 7.63. The first kappa shape index (κ1) is 17.7. The molecular weight excluding hydrogens is 264 g/mol. The van der Waals surface area contributed by atoms with Gasteiger partial charge in [-0.05, 0) is 49.8 Å². The highest BCUT2D eigenvalue weighted by Crippen LogP contribution is 2.13. The molecule has 1 aromatic rings. The lowest BCUT2D eigenvalue weighted by Gasteiger charge is -2.07. The number of methoxy groups -OCH3 is 1. The second-order valence-corrected chi connectivity index (χ2v) is 5.59. The second kappa shape index (κ2) is 10.4. The van der Waals surface area contributed by atoms with E-state index in [0.717, 1.165) is 30.6 Å². The molecule has 118 valence electrons. The quantitative estimate of drug-likeness (QED) is 0.524. The molecule has 0 aliphatic rings. The summed E-state index contributed by atoms with van der Waals surface area (Å²) in [4.78, 5) is 0. The van der Waals surface area contributed by atoms with Crippen LogP contribution in [0.15, 0.2) is 35.9 Å². The van der Waals surface area contributed by atoms with Gasteiger partial charge in [0, 0.05) is 6.61 Å². The van der Waals surface area contributed by atoms with Crippen molar-refractivity contribution in [3.63, 3.8) is 0 Å². The number of rotatable bonds is 10. The Kier molecular flexibility index (Phi) is 8.79. The van der Waals surface area contributed by atoms with E-state index in [1.54, 1.807) is 7.11 Å². The molecule has 1 atom stereocenters. The van der Waals surface area contributed by atoms with Crippen LogP contribution >= 0.6 is 0 Å². The molecule has 1 unspecified atom stereocenters. The van der Waals surface area contributed by atoms with Gasteiger partial charge < -0.3 is 14.6 Å². The Bertz CT molecular complexity index is 409. The zero-order chi connectivity index (χ0) is 15.5. The third-order valence-electron chi connectivity index (χ3n) is 3.56. The maximum atomic E-state index is 8.97. The summed E-state index contributed by atoms with van der Waals surface area (Å²) in [7, 11) is 1.67. The smallest absolute Gasteiger partial charge is 0.118 e. The Morgan fingerprint density at radius 1 is 1.29 bits per heavy atom. The maximum Gasteiger partial charge on any atom is 0.118 e. The lowest BCUT2D eigenvalue weighted by atomic mass is 10.0. The molecule has 0 bridgehead atoms. The molecule has 1 N–H and O–H groups in total. The Labute approximate surface area is 128 Å². The molecule has 0 saturated heterocycles. The molecule has 0 heterocycles. The van der Waals surface area contributed by atoms with E-state index in [-0.39, 0.29) is 6.61 Å². The predicted octanol–water partition coefficient (Wildman–Crippen LogP) is 3.96. The molecule has 0 radical (unpaired) electrons. The van der Waals surface area contributed by atoms with Gasteiger partial charge in [0.05, 0.1) is 20.3 Å². The average Bonchev–Trinajstić information content (AvgIpc) is 2.52. The summed E-state index contributed by atoms with van der Waals surface area (Å²) in [5.41, 5.74) is 2.51. The van der Waals surface area contributed by atoms with Gasteiger partial charge in [0.2, 0.25) is 0 Å². The molecular formula is C18H28O3. The SMILES string of the molecule is COc1ccc(COC/C=C(/C)CCCC(C)CO)cc1. The molecule has 3 heteroatoms. The molecule has 0 fully saturated rings.